The summed E-state index contributed by atoms with van der Waals surface area (Å²) in [5, 5.41) is 0. The summed E-state index contributed by atoms with van der Waals surface area (Å²) in [5.41, 5.74) is 0. The molecule has 0 aromatic heterocycles. The Balaban J connectivity index is 2.19. The summed E-state index contributed by atoms with van der Waals surface area (Å²) in [6, 6.07) is 0. The molecule has 0 aliphatic carbocycles. The van der Waals surface area contributed by atoms with Crippen molar-refractivity contribution >= 4 is 5.78 Å². The Labute approximate surface area is 61.6 Å². The van der Waals surface area contributed by atoms with Gasteiger partial charge < -0.3 is 4.74 Å². The zero-order valence-corrected chi connectivity index (χ0v) is 6.01. The van der Waals surface area contributed by atoms with E-state index in [-0.39, 0.29) is 5.78 Å². The van der Waals surface area contributed by atoms with Gasteiger partial charge in [0.15, 0.2) is 0 Å². The molecule has 1 aliphatic rings. The Bertz CT molecular complexity index is 114. The minimum Gasteiger partial charge on any atom is -0.381 e. The third-order valence-corrected chi connectivity index (χ3v) is 1.83. The molecule has 0 unspecified atom stereocenters. The van der Waals surface area contributed by atoms with Crippen molar-refractivity contribution in [2.75, 3.05) is 13.2 Å². The quantitative estimate of drug-likeness (QED) is 0.573. The van der Waals surface area contributed by atoms with E-state index < -0.39 is 0 Å². The highest BCUT2D eigenvalue weighted by molar-refractivity contribution is 5.82. The Morgan fingerprint density at radius 3 is 2.60 bits per heavy atom. The zero-order chi connectivity index (χ0) is 7.40. The molecule has 0 aromatic rings. The lowest BCUT2D eigenvalue weighted by Gasteiger charge is -2.20. The standard InChI is InChI=1S/C8H12O2/c1-7(9)6-8-2-4-10-5-3-8/h1,8H,2-6H2. The van der Waals surface area contributed by atoms with Crippen LogP contribution in [-0.4, -0.2) is 19.0 Å². The molecule has 2 nitrogen and oxygen atoms in total. The van der Waals surface area contributed by atoms with Gasteiger partial charge in [-0.05, 0) is 18.8 Å². The molecule has 0 saturated carbocycles. The van der Waals surface area contributed by atoms with E-state index in [1.54, 1.807) is 0 Å². The second-order valence-electron chi connectivity index (χ2n) is 2.73. The minimum atomic E-state index is -0.188. The molecule has 0 spiro atoms. The second kappa shape index (κ2) is 3.71. The highest BCUT2D eigenvalue weighted by atomic mass is 16.5. The van der Waals surface area contributed by atoms with Crippen LogP contribution >= 0.6 is 0 Å². The summed E-state index contributed by atoms with van der Waals surface area (Å²) in [5.74, 6) is 0.290. The number of carbonyl (C=O) groups excluding carboxylic acids is 1. The van der Waals surface area contributed by atoms with E-state index in [4.69, 9.17) is 11.7 Å². The number of carbonyl (C=O) groups is 1. The van der Waals surface area contributed by atoms with Crippen LogP contribution < -0.4 is 0 Å². The monoisotopic (exact) mass is 140 g/mol. The van der Waals surface area contributed by atoms with E-state index in [0.717, 1.165) is 26.1 Å². The van der Waals surface area contributed by atoms with Crippen molar-refractivity contribution in [1.29, 1.82) is 0 Å². The molecular weight excluding hydrogens is 128 g/mol. The number of ether oxygens (including phenoxy) is 1. The van der Waals surface area contributed by atoms with E-state index in [1.807, 2.05) is 0 Å². The molecule has 10 heavy (non-hydrogen) atoms. The Morgan fingerprint density at radius 2 is 2.10 bits per heavy atom. The van der Waals surface area contributed by atoms with Crippen LogP contribution in [0.2, 0.25) is 0 Å². The molecule has 0 bridgehead atoms. The number of rotatable bonds is 2. The van der Waals surface area contributed by atoms with Crippen LogP contribution in [0.5, 0.6) is 0 Å². The lowest BCUT2D eigenvalue weighted by Crippen LogP contribution is -2.17. The summed E-state index contributed by atoms with van der Waals surface area (Å²) in [4.78, 5) is 10.4. The molecule has 1 fully saturated rings. The highest BCUT2D eigenvalue weighted by Gasteiger charge is 2.14. The van der Waals surface area contributed by atoms with E-state index in [2.05, 4.69) is 0 Å². The number of hydrogen-bond donors (Lipinski definition) is 0. The average Bonchev–Trinajstić information content (AvgIpc) is 1.88. The first-order valence-electron chi connectivity index (χ1n) is 3.65. The molecule has 1 heterocycles. The molecule has 2 radical (unpaired) electrons. The van der Waals surface area contributed by atoms with Crippen molar-refractivity contribution in [3.05, 3.63) is 6.92 Å². The van der Waals surface area contributed by atoms with Gasteiger partial charge in [-0.25, -0.2) is 0 Å². The molecule has 0 atom stereocenters. The second-order valence-corrected chi connectivity index (χ2v) is 2.73. The van der Waals surface area contributed by atoms with E-state index in [0.29, 0.717) is 12.3 Å². The summed E-state index contributed by atoms with van der Waals surface area (Å²) in [7, 11) is 0. The van der Waals surface area contributed by atoms with Crippen LogP contribution in [0.1, 0.15) is 19.3 Å². The van der Waals surface area contributed by atoms with Gasteiger partial charge in [0.1, 0.15) is 5.78 Å². The van der Waals surface area contributed by atoms with Crippen LogP contribution in [0.3, 0.4) is 0 Å². The number of Topliss-reactive ketones (excluding diaryl/α,β-unsaturated/α-hetero) is 1. The van der Waals surface area contributed by atoms with Crippen molar-refractivity contribution in [3.63, 3.8) is 0 Å². The SMILES string of the molecule is [CH]C(=O)CC1CCOCC1. The number of hydrogen-bond acceptors (Lipinski definition) is 2. The molecule has 0 aromatic carbocycles. The van der Waals surface area contributed by atoms with Gasteiger partial charge in [0.05, 0.1) is 0 Å². The fourth-order valence-corrected chi connectivity index (χ4v) is 1.24. The van der Waals surface area contributed by atoms with Crippen molar-refractivity contribution < 1.29 is 9.53 Å². The lowest BCUT2D eigenvalue weighted by atomic mass is 9.95. The van der Waals surface area contributed by atoms with Gasteiger partial charge in [0.2, 0.25) is 0 Å². The van der Waals surface area contributed by atoms with Gasteiger partial charge in [-0.1, -0.05) is 0 Å². The predicted octanol–water partition coefficient (Wildman–Crippen LogP) is 1.08. The summed E-state index contributed by atoms with van der Waals surface area (Å²) < 4.78 is 5.13. The van der Waals surface area contributed by atoms with Crippen LogP contribution in [0, 0.1) is 12.8 Å². The summed E-state index contributed by atoms with van der Waals surface area (Å²) >= 11 is 0. The predicted molar refractivity (Wildman–Crippen MR) is 37.5 cm³/mol. The molecular formula is C8H12O2. The van der Waals surface area contributed by atoms with Crippen LogP contribution in [-0.2, 0) is 9.53 Å². The summed E-state index contributed by atoms with van der Waals surface area (Å²) in [6.45, 7) is 6.62. The maximum absolute atomic E-state index is 10.4. The minimum absolute atomic E-state index is 0.188. The van der Waals surface area contributed by atoms with Crippen molar-refractivity contribution in [2.24, 2.45) is 5.92 Å². The van der Waals surface area contributed by atoms with Gasteiger partial charge in [-0.15, -0.1) is 0 Å². The van der Waals surface area contributed by atoms with E-state index in [9.17, 15) is 4.79 Å². The average molecular weight is 140 g/mol. The Hall–Kier alpha value is -0.370. The van der Waals surface area contributed by atoms with Crippen LogP contribution in [0.15, 0.2) is 0 Å². The topological polar surface area (TPSA) is 26.3 Å². The maximum atomic E-state index is 10.4. The fourth-order valence-electron chi connectivity index (χ4n) is 1.24. The molecule has 0 N–H and O–H groups in total. The Morgan fingerprint density at radius 1 is 1.50 bits per heavy atom. The van der Waals surface area contributed by atoms with Gasteiger partial charge >= 0.3 is 0 Å². The largest absolute Gasteiger partial charge is 0.381 e. The van der Waals surface area contributed by atoms with Gasteiger partial charge in [0.25, 0.3) is 0 Å². The third kappa shape index (κ3) is 2.48. The highest BCUT2D eigenvalue weighted by Crippen LogP contribution is 2.17. The van der Waals surface area contributed by atoms with Crippen LogP contribution in [0.25, 0.3) is 0 Å². The van der Waals surface area contributed by atoms with Gasteiger partial charge in [-0.2, -0.15) is 0 Å². The molecule has 1 rings (SSSR count). The number of ketones is 1. The Kier molecular flexibility index (Phi) is 2.87. The van der Waals surface area contributed by atoms with Crippen molar-refractivity contribution in [2.45, 2.75) is 19.3 Å². The van der Waals surface area contributed by atoms with E-state index in [1.165, 1.54) is 0 Å². The van der Waals surface area contributed by atoms with Crippen molar-refractivity contribution in [3.8, 4) is 0 Å². The first-order chi connectivity index (χ1) is 4.79. The maximum Gasteiger partial charge on any atom is 0.137 e. The lowest BCUT2D eigenvalue weighted by molar-refractivity contribution is -0.116. The molecule has 56 valence electrons. The smallest absolute Gasteiger partial charge is 0.137 e. The first-order valence-corrected chi connectivity index (χ1v) is 3.65. The molecule has 1 saturated heterocycles. The third-order valence-electron chi connectivity index (χ3n) is 1.83. The van der Waals surface area contributed by atoms with E-state index >= 15 is 0 Å². The molecule has 0 amide bonds. The van der Waals surface area contributed by atoms with Gasteiger partial charge in [0, 0.05) is 26.6 Å². The first kappa shape index (κ1) is 7.73. The molecule has 1 aliphatic heterocycles. The van der Waals surface area contributed by atoms with Crippen molar-refractivity contribution in [1.82, 2.24) is 0 Å². The van der Waals surface area contributed by atoms with Gasteiger partial charge in [-0.3, -0.25) is 4.79 Å². The normalized spacial score (nSPS) is 20.9. The van der Waals surface area contributed by atoms with Crippen LogP contribution in [0.4, 0.5) is 0 Å². The summed E-state index contributed by atoms with van der Waals surface area (Å²) in [6.07, 6.45) is 2.51. The fraction of sp³-hybridized carbons (Fsp3) is 0.750. The molecule has 2 heteroatoms. The zero-order valence-electron chi connectivity index (χ0n) is 6.01.